The van der Waals surface area contributed by atoms with Gasteiger partial charge in [-0.15, -0.1) is 10.2 Å². The predicted molar refractivity (Wildman–Crippen MR) is 88.3 cm³/mol. The van der Waals surface area contributed by atoms with Gasteiger partial charge in [-0.25, -0.2) is 13.6 Å². The number of carbonyl (C=O) groups excluding carboxylic acids is 2. The van der Waals surface area contributed by atoms with Crippen molar-refractivity contribution in [2.75, 3.05) is 11.9 Å². The highest BCUT2D eigenvalue weighted by molar-refractivity contribution is 7.89. The summed E-state index contributed by atoms with van der Waals surface area (Å²) in [6.07, 6.45) is 0.794. The highest BCUT2D eigenvalue weighted by Crippen LogP contribution is 2.17. The SMILES string of the molecule is CCCNC(=O)c1nnc(NC(=O)c2ccc(S(N)(=O)=O)cc2)s1. The summed E-state index contributed by atoms with van der Waals surface area (Å²) in [5.41, 5.74) is 0.217. The summed E-state index contributed by atoms with van der Waals surface area (Å²) in [7, 11) is -3.81. The van der Waals surface area contributed by atoms with Crippen LogP contribution in [0.15, 0.2) is 29.2 Å². The number of sulfonamides is 1. The van der Waals surface area contributed by atoms with Crippen LogP contribution in [-0.4, -0.2) is 37.0 Å². The van der Waals surface area contributed by atoms with Crippen LogP contribution in [0.4, 0.5) is 5.13 Å². The first-order valence-corrected chi connectivity index (χ1v) is 9.23. The van der Waals surface area contributed by atoms with E-state index in [-0.39, 0.29) is 26.5 Å². The molecule has 0 unspecified atom stereocenters. The number of carbonyl (C=O) groups is 2. The summed E-state index contributed by atoms with van der Waals surface area (Å²) in [4.78, 5) is 23.7. The van der Waals surface area contributed by atoms with Crippen molar-refractivity contribution in [2.24, 2.45) is 5.14 Å². The van der Waals surface area contributed by atoms with Gasteiger partial charge in [0, 0.05) is 12.1 Å². The zero-order chi connectivity index (χ0) is 17.7. The lowest BCUT2D eigenvalue weighted by Crippen LogP contribution is -2.23. The standard InChI is InChI=1S/C13H15N5O4S2/c1-2-7-15-11(20)12-17-18-13(23-12)16-10(19)8-3-5-9(6-4-8)24(14,21)22/h3-6H,2,7H2,1H3,(H,15,20)(H2,14,21,22)(H,16,18,19). The van der Waals surface area contributed by atoms with E-state index in [4.69, 9.17) is 5.14 Å². The molecule has 0 aliphatic heterocycles. The molecule has 0 radical (unpaired) electrons. The lowest BCUT2D eigenvalue weighted by atomic mass is 10.2. The monoisotopic (exact) mass is 369 g/mol. The molecule has 0 spiro atoms. The van der Waals surface area contributed by atoms with Crippen molar-refractivity contribution in [3.63, 3.8) is 0 Å². The number of rotatable bonds is 6. The molecule has 1 aromatic carbocycles. The first kappa shape index (κ1) is 18.0. The molecule has 0 aliphatic rings. The maximum atomic E-state index is 12.1. The third-order valence-corrected chi connectivity index (χ3v) is 4.59. The second kappa shape index (κ2) is 7.47. The Morgan fingerprint density at radius 3 is 2.42 bits per heavy atom. The molecule has 0 saturated heterocycles. The summed E-state index contributed by atoms with van der Waals surface area (Å²) in [6.45, 7) is 2.45. The van der Waals surface area contributed by atoms with Gasteiger partial charge in [0.1, 0.15) is 0 Å². The lowest BCUT2D eigenvalue weighted by Gasteiger charge is -2.02. The Morgan fingerprint density at radius 1 is 1.17 bits per heavy atom. The van der Waals surface area contributed by atoms with Crippen molar-refractivity contribution >= 4 is 38.3 Å². The van der Waals surface area contributed by atoms with Gasteiger partial charge in [-0.05, 0) is 30.7 Å². The first-order valence-electron chi connectivity index (χ1n) is 6.87. The Balaban J connectivity index is 2.05. The Morgan fingerprint density at radius 2 is 1.83 bits per heavy atom. The molecule has 2 rings (SSSR count). The fourth-order valence-corrected chi connectivity index (χ4v) is 2.82. The number of primary sulfonamides is 1. The van der Waals surface area contributed by atoms with Crippen LogP contribution in [-0.2, 0) is 10.0 Å². The van der Waals surface area contributed by atoms with E-state index in [0.717, 1.165) is 17.8 Å². The summed E-state index contributed by atoms with van der Waals surface area (Å²) in [6, 6.07) is 5.11. The Bertz CT molecular complexity index is 846. The van der Waals surface area contributed by atoms with Crippen LogP contribution >= 0.6 is 11.3 Å². The van der Waals surface area contributed by atoms with E-state index < -0.39 is 15.9 Å². The molecule has 128 valence electrons. The number of hydrogen-bond acceptors (Lipinski definition) is 7. The normalized spacial score (nSPS) is 11.1. The molecule has 0 fully saturated rings. The van der Waals surface area contributed by atoms with Gasteiger partial charge in [0.05, 0.1) is 4.90 Å². The van der Waals surface area contributed by atoms with Crippen molar-refractivity contribution in [2.45, 2.75) is 18.2 Å². The number of nitrogens with zero attached hydrogens (tertiary/aromatic N) is 2. The van der Waals surface area contributed by atoms with Crippen LogP contribution in [0.25, 0.3) is 0 Å². The maximum Gasteiger partial charge on any atom is 0.282 e. The number of nitrogens with one attached hydrogen (secondary N) is 2. The predicted octanol–water partition coefficient (Wildman–Crippen LogP) is 0.578. The molecule has 4 N–H and O–H groups in total. The van der Waals surface area contributed by atoms with Gasteiger partial charge in [-0.2, -0.15) is 0 Å². The van der Waals surface area contributed by atoms with Crippen molar-refractivity contribution in [3.8, 4) is 0 Å². The quantitative estimate of drug-likeness (QED) is 0.679. The molecule has 0 aliphatic carbocycles. The smallest absolute Gasteiger partial charge is 0.282 e. The van der Waals surface area contributed by atoms with Gasteiger partial charge in [-0.3, -0.25) is 14.9 Å². The minimum atomic E-state index is -3.81. The second-order valence-corrected chi connectivity index (χ2v) is 7.23. The molecule has 2 amide bonds. The van der Waals surface area contributed by atoms with E-state index in [9.17, 15) is 18.0 Å². The van der Waals surface area contributed by atoms with Gasteiger partial charge in [0.2, 0.25) is 20.2 Å². The van der Waals surface area contributed by atoms with E-state index in [0.29, 0.717) is 6.54 Å². The van der Waals surface area contributed by atoms with Gasteiger partial charge >= 0.3 is 0 Å². The largest absolute Gasteiger partial charge is 0.350 e. The Labute approximate surface area is 142 Å². The summed E-state index contributed by atoms with van der Waals surface area (Å²) < 4.78 is 22.3. The van der Waals surface area contributed by atoms with Crippen molar-refractivity contribution in [1.82, 2.24) is 15.5 Å². The van der Waals surface area contributed by atoms with Gasteiger partial charge in [0.25, 0.3) is 11.8 Å². The summed E-state index contributed by atoms with van der Waals surface area (Å²) >= 11 is 0.940. The van der Waals surface area contributed by atoms with Gasteiger partial charge in [0.15, 0.2) is 0 Å². The molecule has 0 atom stereocenters. The molecule has 2 aromatic rings. The number of amides is 2. The third-order valence-electron chi connectivity index (χ3n) is 2.82. The fourth-order valence-electron chi connectivity index (χ4n) is 1.64. The fraction of sp³-hybridized carbons (Fsp3) is 0.231. The molecule has 11 heteroatoms. The summed E-state index contributed by atoms with van der Waals surface area (Å²) in [5, 5.41) is 17.9. The highest BCUT2D eigenvalue weighted by atomic mass is 32.2. The molecular weight excluding hydrogens is 354 g/mol. The van der Waals surface area contributed by atoms with Crippen molar-refractivity contribution in [1.29, 1.82) is 0 Å². The summed E-state index contributed by atoms with van der Waals surface area (Å²) in [5.74, 6) is -0.861. The number of anilines is 1. The van der Waals surface area contributed by atoms with Crippen LogP contribution in [0, 0.1) is 0 Å². The zero-order valence-corrected chi connectivity index (χ0v) is 14.3. The van der Waals surface area contributed by atoms with Crippen LogP contribution in [0.3, 0.4) is 0 Å². The molecule has 24 heavy (non-hydrogen) atoms. The number of hydrogen-bond donors (Lipinski definition) is 3. The van der Waals surface area contributed by atoms with E-state index >= 15 is 0 Å². The first-order chi connectivity index (χ1) is 11.3. The van der Waals surface area contributed by atoms with Crippen molar-refractivity contribution in [3.05, 3.63) is 34.8 Å². The maximum absolute atomic E-state index is 12.1. The minimum Gasteiger partial charge on any atom is -0.350 e. The topological polar surface area (TPSA) is 144 Å². The molecular formula is C13H15N5O4S2. The molecule has 1 aromatic heterocycles. The molecule has 0 bridgehead atoms. The van der Waals surface area contributed by atoms with E-state index in [1.807, 2.05) is 6.92 Å². The van der Waals surface area contributed by atoms with Crippen LogP contribution in [0.1, 0.15) is 33.5 Å². The van der Waals surface area contributed by atoms with Gasteiger partial charge in [-0.1, -0.05) is 18.3 Å². The van der Waals surface area contributed by atoms with Gasteiger partial charge < -0.3 is 5.32 Å². The van der Waals surface area contributed by atoms with Crippen molar-refractivity contribution < 1.29 is 18.0 Å². The van der Waals surface area contributed by atoms with Crippen LogP contribution in [0.2, 0.25) is 0 Å². The Hall–Kier alpha value is -2.37. The third kappa shape index (κ3) is 4.57. The van der Waals surface area contributed by atoms with E-state index in [1.54, 1.807) is 0 Å². The minimum absolute atomic E-state index is 0.0927. The lowest BCUT2D eigenvalue weighted by molar-refractivity contribution is 0.0951. The number of nitrogens with two attached hydrogens (primary N) is 1. The highest BCUT2D eigenvalue weighted by Gasteiger charge is 2.15. The zero-order valence-electron chi connectivity index (χ0n) is 12.6. The molecule has 1 heterocycles. The average molecular weight is 369 g/mol. The van der Waals surface area contributed by atoms with E-state index in [2.05, 4.69) is 20.8 Å². The van der Waals surface area contributed by atoms with Crippen LogP contribution < -0.4 is 15.8 Å². The Kier molecular flexibility index (Phi) is 5.59. The van der Waals surface area contributed by atoms with E-state index in [1.165, 1.54) is 24.3 Å². The number of aromatic nitrogens is 2. The van der Waals surface area contributed by atoms with Crippen LogP contribution in [0.5, 0.6) is 0 Å². The average Bonchev–Trinajstić information content (AvgIpc) is 3.00. The second-order valence-electron chi connectivity index (χ2n) is 4.69. The molecule has 9 nitrogen and oxygen atoms in total. The molecule has 0 saturated carbocycles. The number of benzene rings is 1.